The van der Waals surface area contributed by atoms with E-state index in [1.54, 1.807) is 6.92 Å². The van der Waals surface area contributed by atoms with Crippen LogP contribution in [0.3, 0.4) is 0 Å². The smallest absolute Gasteiger partial charge is 0.341 e. The molecule has 2 aromatic heterocycles. The van der Waals surface area contributed by atoms with Gasteiger partial charge in [0.1, 0.15) is 11.0 Å². The summed E-state index contributed by atoms with van der Waals surface area (Å²) in [4.78, 5) is 36.1. The van der Waals surface area contributed by atoms with Gasteiger partial charge in [-0.2, -0.15) is 5.10 Å². The number of aromatic nitrogens is 2. The lowest BCUT2D eigenvalue weighted by molar-refractivity contribution is -0.140. The number of amides is 1. The van der Waals surface area contributed by atoms with Gasteiger partial charge in [-0.05, 0) is 26.3 Å². The molecule has 1 amide bonds. The van der Waals surface area contributed by atoms with Crippen LogP contribution in [0.15, 0.2) is 12.4 Å². The summed E-state index contributed by atoms with van der Waals surface area (Å²) in [5.74, 6) is -2.06. The average Bonchev–Trinajstić information content (AvgIpc) is 3.12. The van der Waals surface area contributed by atoms with Gasteiger partial charge in [0.05, 0.1) is 24.4 Å². The summed E-state index contributed by atoms with van der Waals surface area (Å²) in [5, 5.41) is 15.9. The lowest BCUT2D eigenvalue weighted by Gasteiger charge is -2.06. The number of nitrogens with one attached hydrogen (secondary N) is 1. The predicted molar refractivity (Wildman–Crippen MR) is 87.7 cm³/mol. The molecule has 2 heterocycles. The molecule has 0 aliphatic rings. The minimum absolute atomic E-state index is 0.197. The van der Waals surface area contributed by atoms with Gasteiger partial charge in [-0.15, -0.1) is 11.3 Å². The molecule has 0 aliphatic heterocycles. The molecule has 2 N–H and O–H groups in total. The van der Waals surface area contributed by atoms with E-state index in [1.165, 1.54) is 42.4 Å². The van der Waals surface area contributed by atoms with Gasteiger partial charge in [0.2, 0.25) is 0 Å². The molecule has 2 aromatic rings. The third-order valence-electron chi connectivity index (χ3n) is 3.62. The fourth-order valence-corrected chi connectivity index (χ4v) is 3.06. The molecule has 0 bridgehead atoms. The second kappa shape index (κ2) is 6.83. The topological polar surface area (TPSA) is 111 Å². The number of carbonyl (C=O) groups excluding carboxylic acids is 2. The van der Waals surface area contributed by atoms with E-state index in [1.807, 2.05) is 6.92 Å². The van der Waals surface area contributed by atoms with E-state index in [0.717, 1.165) is 10.4 Å². The maximum atomic E-state index is 12.3. The lowest BCUT2D eigenvalue weighted by Crippen LogP contribution is -2.16. The number of carboxylic acid groups (broad SMARTS) is 1. The summed E-state index contributed by atoms with van der Waals surface area (Å²) in [5.41, 5.74) is 1.26. The zero-order chi connectivity index (χ0) is 18.0. The van der Waals surface area contributed by atoms with Crippen LogP contribution in [0.5, 0.6) is 0 Å². The van der Waals surface area contributed by atoms with Crippen LogP contribution in [0.4, 0.5) is 5.00 Å². The van der Waals surface area contributed by atoms with Crippen molar-refractivity contribution in [2.24, 2.45) is 0 Å². The molecule has 128 valence electrons. The Morgan fingerprint density at radius 3 is 2.62 bits per heavy atom. The number of thiophene rings is 1. The Balaban J connectivity index is 2.26. The normalized spacial score (nSPS) is 11.8. The first kappa shape index (κ1) is 17.7. The van der Waals surface area contributed by atoms with E-state index >= 15 is 0 Å². The largest absolute Gasteiger partial charge is 0.480 e. The quantitative estimate of drug-likeness (QED) is 0.799. The van der Waals surface area contributed by atoms with Crippen molar-refractivity contribution < 1.29 is 24.2 Å². The fourth-order valence-electron chi connectivity index (χ4n) is 2.02. The number of aliphatic carboxylic acids is 1. The maximum Gasteiger partial charge on any atom is 0.341 e. The minimum Gasteiger partial charge on any atom is -0.480 e. The second-order valence-electron chi connectivity index (χ2n) is 5.16. The number of esters is 1. The van der Waals surface area contributed by atoms with Crippen LogP contribution in [0.25, 0.3) is 0 Å². The van der Waals surface area contributed by atoms with Crippen molar-refractivity contribution in [1.82, 2.24) is 9.78 Å². The number of anilines is 1. The number of methoxy groups -OCH3 is 1. The van der Waals surface area contributed by atoms with Crippen LogP contribution >= 0.6 is 11.3 Å². The molecular weight excluding hydrogens is 334 g/mol. The molecule has 0 spiro atoms. The Hall–Kier alpha value is -2.68. The molecule has 0 saturated heterocycles. The Bertz CT molecular complexity index is 808. The number of rotatable bonds is 5. The zero-order valence-corrected chi connectivity index (χ0v) is 14.4. The van der Waals surface area contributed by atoms with Crippen molar-refractivity contribution in [2.45, 2.75) is 26.8 Å². The van der Waals surface area contributed by atoms with Crippen molar-refractivity contribution in [3.8, 4) is 0 Å². The van der Waals surface area contributed by atoms with Crippen LogP contribution in [0, 0.1) is 13.8 Å². The summed E-state index contributed by atoms with van der Waals surface area (Å²) in [7, 11) is 1.28. The van der Waals surface area contributed by atoms with Gasteiger partial charge in [0, 0.05) is 11.1 Å². The van der Waals surface area contributed by atoms with Gasteiger partial charge in [0.25, 0.3) is 5.91 Å². The lowest BCUT2D eigenvalue weighted by atomic mass is 10.1. The standard InChI is InChI=1S/C15H17N3O5S/c1-7-9(3)24-13(11(7)15(22)23-4)17-12(19)10-5-16-18(6-10)8(2)14(20)21/h5-6,8H,1-4H3,(H,17,19)(H,20,21). The van der Waals surface area contributed by atoms with Gasteiger partial charge < -0.3 is 15.2 Å². The molecule has 1 atom stereocenters. The third kappa shape index (κ3) is 3.30. The monoisotopic (exact) mass is 351 g/mol. The van der Waals surface area contributed by atoms with E-state index in [0.29, 0.717) is 10.6 Å². The van der Waals surface area contributed by atoms with E-state index in [9.17, 15) is 14.4 Å². The van der Waals surface area contributed by atoms with Gasteiger partial charge >= 0.3 is 11.9 Å². The van der Waals surface area contributed by atoms with Crippen molar-refractivity contribution >= 4 is 34.2 Å². The van der Waals surface area contributed by atoms with Crippen molar-refractivity contribution in [3.63, 3.8) is 0 Å². The van der Waals surface area contributed by atoms with E-state index in [2.05, 4.69) is 10.4 Å². The highest BCUT2D eigenvalue weighted by atomic mass is 32.1. The molecule has 24 heavy (non-hydrogen) atoms. The molecule has 2 rings (SSSR count). The Labute approximate surface area is 142 Å². The number of nitrogens with zero attached hydrogens (tertiary/aromatic N) is 2. The predicted octanol–water partition coefficient (Wildman–Crippen LogP) is 2.25. The summed E-state index contributed by atoms with van der Waals surface area (Å²) in [6.45, 7) is 5.08. The number of carbonyl (C=O) groups is 3. The summed E-state index contributed by atoms with van der Waals surface area (Å²) in [6.07, 6.45) is 2.62. The third-order valence-corrected chi connectivity index (χ3v) is 4.74. The Kier molecular flexibility index (Phi) is 5.03. The Morgan fingerprint density at radius 1 is 1.38 bits per heavy atom. The first-order chi connectivity index (χ1) is 11.3. The molecule has 0 fully saturated rings. The zero-order valence-electron chi connectivity index (χ0n) is 13.6. The Morgan fingerprint density at radius 2 is 2.04 bits per heavy atom. The van der Waals surface area contributed by atoms with Gasteiger partial charge in [0.15, 0.2) is 0 Å². The molecule has 1 unspecified atom stereocenters. The van der Waals surface area contributed by atoms with Gasteiger partial charge in [-0.25, -0.2) is 9.59 Å². The van der Waals surface area contributed by atoms with Crippen molar-refractivity contribution in [1.29, 1.82) is 0 Å². The number of aryl methyl sites for hydroxylation is 1. The van der Waals surface area contributed by atoms with Crippen LogP contribution in [-0.2, 0) is 9.53 Å². The number of hydrogen-bond donors (Lipinski definition) is 2. The summed E-state index contributed by atoms with van der Waals surface area (Å²) < 4.78 is 5.94. The minimum atomic E-state index is -1.05. The van der Waals surface area contributed by atoms with E-state index in [4.69, 9.17) is 9.84 Å². The first-order valence-corrected chi connectivity index (χ1v) is 7.84. The molecule has 0 radical (unpaired) electrons. The van der Waals surface area contributed by atoms with Crippen molar-refractivity contribution in [3.05, 3.63) is 34.0 Å². The molecule has 0 aromatic carbocycles. The van der Waals surface area contributed by atoms with Crippen LogP contribution in [0.1, 0.15) is 44.1 Å². The second-order valence-corrected chi connectivity index (χ2v) is 6.38. The van der Waals surface area contributed by atoms with Crippen molar-refractivity contribution in [2.75, 3.05) is 12.4 Å². The fraction of sp³-hybridized carbons (Fsp3) is 0.333. The van der Waals surface area contributed by atoms with E-state index < -0.39 is 23.9 Å². The number of carboxylic acids is 1. The average molecular weight is 351 g/mol. The first-order valence-electron chi connectivity index (χ1n) is 7.02. The molecule has 8 nitrogen and oxygen atoms in total. The molecular formula is C15H17N3O5S. The summed E-state index contributed by atoms with van der Waals surface area (Å²) >= 11 is 1.27. The SMILES string of the molecule is COC(=O)c1c(NC(=O)c2cnn(C(C)C(=O)O)c2)sc(C)c1C. The molecule has 9 heteroatoms. The van der Waals surface area contributed by atoms with Crippen LogP contribution in [-0.4, -0.2) is 39.8 Å². The highest BCUT2D eigenvalue weighted by Crippen LogP contribution is 2.33. The number of ether oxygens (including phenoxy) is 1. The van der Waals surface area contributed by atoms with Crippen LogP contribution in [0.2, 0.25) is 0 Å². The maximum absolute atomic E-state index is 12.3. The van der Waals surface area contributed by atoms with Gasteiger partial charge in [-0.1, -0.05) is 0 Å². The van der Waals surface area contributed by atoms with Crippen LogP contribution < -0.4 is 5.32 Å². The van der Waals surface area contributed by atoms with E-state index in [-0.39, 0.29) is 5.56 Å². The number of hydrogen-bond acceptors (Lipinski definition) is 6. The summed E-state index contributed by atoms with van der Waals surface area (Å²) in [6, 6.07) is -0.886. The highest BCUT2D eigenvalue weighted by Gasteiger charge is 2.23. The molecule has 0 aliphatic carbocycles. The highest BCUT2D eigenvalue weighted by molar-refractivity contribution is 7.16. The molecule has 0 saturated carbocycles. The van der Waals surface area contributed by atoms with Gasteiger partial charge in [-0.3, -0.25) is 9.48 Å².